The number of benzene rings is 2. The van der Waals surface area contributed by atoms with Crippen molar-refractivity contribution >= 4 is 31.6 Å². The normalized spacial score (nSPS) is 14.5. The van der Waals surface area contributed by atoms with Crippen LogP contribution in [0.5, 0.6) is 5.75 Å². The van der Waals surface area contributed by atoms with Crippen molar-refractivity contribution in [3.05, 3.63) is 48.5 Å². The number of ether oxygens (including phenoxy) is 1. The van der Waals surface area contributed by atoms with E-state index in [-0.39, 0.29) is 15.5 Å². The smallest absolute Gasteiger partial charge is 0.328 e. The zero-order valence-electron chi connectivity index (χ0n) is 14.6. The van der Waals surface area contributed by atoms with Crippen molar-refractivity contribution in [2.45, 2.75) is 22.6 Å². The van der Waals surface area contributed by atoms with E-state index in [1.165, 1.54) is 55.6 Å². The Morgan fingerprint density at radius 1 is 0.926 bits per heavy atom. The van der Waals surface area contributed by atoms with E-state index in [9.17, 15) is 16.8 Å². The highest BCUT2D eigenvalue weighted by atomic mass is 32.2. The van der Waals surface area contributed by atoms with E-state index >= 15 is 0 Å². The van der Waals surface area contributed by atoms with Crippen molar-refractivity contribution in [3.63, 3.8) is 0 Å². The first-order valence-corrected chi connectivity index (χ1v) is 11.2. The molecule has 3 N–H and O–H groups in total. The molecule has 2 aromatic rings. The Kier molecular flexibility index (Phi) is 5.38. The van der Waals surface area contributed by atoms with E-state index in [4.69, 9.17) is 4.74 Å². The van der Waals surface area contributed by atoms with E-state index in [1.807, 2.05) is 0 Å². The molecule has 0 unspecified atom stereocenters. The first-order valence-electron chi connectivity index (χ1n) is 8.20. The molecule has 0 bridgehead atoms. The van der Waals surface area contributed by atoms with Crippen LogP contribution in [0.15, 0.2) is 58.3 Å². The minimum absolute atomic E-state index is 0.0290. The van der Waals surface area contributed by atoms with Crippen LogP contribution in [-0.2, 0) is 20.0 Å². The second-order valence-electron chi connectivity index (χ2n) is 5.92. The standard InChI is InChI=1S/C17H19N3O5S2/c1-25-14-7-9-15(10-8-14)26(21,22)19-13-4-2-5-16(12-13)27(23,24)20-17-6-3-11-18-17/h2,4-5,7-10,12,19H,3,6,11H2,1H3,(H,18,20)/p+1. The van der Waals surface area contributed by atoms with Crippen LogP contribution in [0.4, 0.5) is 5.69 Å². The predicted molar refractivity (Wildman–Crippen MR) is 101 cm³/mol. The Labute approximate surface area is 158 Å². The van der Waals surface area contributed by atoms with Crippen molar-refractivity contribution in [1.82, 2.24) is 4.72 Å². The lowest BCUT2D eigenvalue weighted by molar-refractivity contribution is -0.448. The monoisotopic (exact) mass is 410 g/mol. The number of sulfonamides is 2. The van der Waals surface area contributed by atoms with Gasteiger partial charge in [0.2, 0.25) is 0 Å². The molecule has 27 heavy (non-hydrogen) atoms. The molecule has 0 aromatic heterocycles. The molecule has 0 amide bonds. The van der Waals surface area contributed by atoms with Gasteiger partial charge in [-0.05, 0) is 48.9 Å². The van der Waals surface area contributed by atoms with Crippen molar-refractivity contribution < 1.29 is 26.6 Å². The Morgan fingerprint density at radius 3 is 2.26 bits per heavy atom. The summed E-state index contributed by atoms with van der Waals surface area (Å²) >= 11 is 0. The largest absolute Gasteiger partial charge is 0.497 e. The molecule has 0 spiro atoms. The zero-order valence-corrected chi connectivity index (χ0v) is 16.2. The lowest BCUT2D eigenvalue weighted by atomic mass is 10.3. The molecule has 0 fully saturated rings. The van der Waals surface area contributed by atoms with Gasteiger partial charge in [0, 0.05) is 0 Å². The van der Waals surface area contributed by atoms with Crippen LogP contribution >= 0.6 is 0 Å². The molecule has 144 valence electrons. The topological polar surface area (TPSA) is 116 Å². The third kappa shape index (κ3) is 4.58. The fraction of sp³-hybridized carbons (Fsp3) is 0.235. The Morgan fingerprint density at radius 2 is 1.63 bits per heavy atom. The average Bonchev–Trinajstić information content (AvgIpc) is 3.14. The van der Waals surface area contributed by atoms with E-state index in [0.29, 0.717) is 18.0 Å². The molecule has 1 aliphatic rings. The molecule has 0 atom stereocenters. The highest BCUT2D eigenvalue weighted by molar-refractivity contribution is 7.92. The van der Waals surface area contributed by atoms with Crippen LogP contribution < -0.4 is 19.2 Å². The van der Waals surface area contributed by atoms with Crippen molar-refractivity contribution in [3.8, 4) is 5.75 Å². The lowest BCUT2D eigenvalue weighted by Crippen LogP contribution is -2.72. The minimum atomic E-state index is -3.86. The van der Waals surface area contributed by atoms with Gasteiger partial charge >= 0.3 is 10.0 Å². The lowest BCUT2D eigenvalue weighted by Gasteiger charge is -2.10. The van der Waals surface area contributed by atoms with E-state index in [0.717, 1.165) is 13.0 Å². The second-order valence-corrected chi connectivity index (χ2v) is 9.29. The average molecular weight is 410 g/mol. The molecule has 8 nitrogen and oxygen atoms in total. The number of rotatable bonds is 6. The molecular formula is C17H20N3O5S2+. The first kappa shape index (κ1) is 19.2. The van der Waals surface area contributed by atoms with Gasteiger partial charge in [-0.25, -0.2) is 8.42 Å². The van der Waals surface area contributed by atoms with Gasteiger partial charge in [-0.15, -0.1) is 0 Å². The maximum Gasteiger partial charge on any atom is 0.328 e. The number of nitrogens with one attached hydrogen (secondary N) is 3. The molecular weight excluding hydrogens is 390 g/mol. The van der Waals surface area contributed by atoms with Gasteiger partial charge in [0.05, 0.1) is 30.7 Å². The summed E-state index contributed by atoms with van der Waals surface area (Å²) in [4.78, 5) is 2.98. The first-order chi connectivity index (χ1) is 12.8. The maximum atomic E-state index is 12.5. The van der Waals surface area contributed by atoms with Crippen molar-refractivity contribution in [1.29, 1.82) is 0 Å². The van der Waals surface area contributed by atoms with E-state index < -0.39 is 20.0 Å². The predicted octanol–water partition coefficient (Wildman–Crippen LogP) is 0.0472. The summed E-state index contributed by atoms with van der Waals surface area (Å²) in [6, 6.07) is 11.5. The van der Waals surface area contributed by atoms with Gasteiger partial charge in [0.15, 0.2) is 0 Å². The summed E-state index contributed by atoms with van der Waals surface area (Å²) in [6.07, 6.45) is 1.49. The van der Waals surface area contributed by atoms with E-state index in [1.54, 1.807) is 0 Å². The minimum Gasteiger partial charge on any atom is -0.497 e. The zero-order chi connectivity index (χ0) is 19.5. The Hall–Kier alpha value is -2.59. The molecule has 1 heterocycles. The highest BCUT2D eigenvalue weighted by Gasteiger charge is 2.25. The van der Waals surface area contributed by atoms with Crippen LogP contribution in [0, 0.1) is 0 Å². The highest BCUT2D eigenvalue weighted by Crippen LogP contribution is 2.21. The van der Waals surface area contributed by atoms with Gasteiger partial charge in [-0.3, -0.25) is 9.71 Å². The Balaban J connectivity index is 1.82. The number of hydrogen-bond acceptors (Lipinski definition) is 5. The summed E-state index contributed by atoms with van der Waals surface area (Å²) in [5.74, 6) is 1.07. The van der Waals surface area contributed by atoms with Gasteiger partial charge in [-0.1, -0.05) is 6.07 Å². The number of hydrogen-bond donors (Lipinski definition) is 3. The van der Waals surface area contributed by atoms with Crippen LogP contribution in [0.25, 0.3) is 0 Å². The van der Waals surface area contributed by atoms with E-state index in [2.05, 4.69) is 14.4 Å². The fourth-order valence-corrected chi connectivity index (χ4v) is 4.80. The molecule has 0 radical (unpaired) electrons. The summed E-state index contributed by atoms with van der Waals surface area (Å²) < 4.78 is 59.9. The van der Waals surface area contributed by atoms with Crippen LogP contribution in [-0.4, -0.2) is 36.3 Å². The van der Waals surface area contributed by atoms with Crippen LogP contribution in [0.2, 0.25) is 0 Å². The molecule has 0 saturated carbocycles. The number of methoxy groups -OCH3 is 1. The number of anilines is 1. The molecule has 0 saturated heterocycles. The van der Waals surface area contributed by atoms with Crippen LogP contribution in [0.3, 0.4) is 0 Å². The van der Waals surface area contributed by atoms with Crippen molar-refractivity contribution in [2.75, 3.05) is 18.4 Å². The molecule has 3 rings (SSSR count). The van der Waals surface area contributed by atoms with Gasteiger partial charge < -0.3 is 4.74 Å². The van der Waals surface area contributed by atoms with Gasteiger partial charge in [-0.2, -0.15) is 13.1 Å². The van der Waals surface area contributed by atoms with Gasteiger partial charge in [0.25, 0.3) is 15.9 Å². The van der Waals surface area contributed by atoms with Crippen molar-refractivity contribution in [2.24, 2.45) is 0 Å². The fourth-order valence-electron chi connectivity index (χ4n) is 2.60. The summed E-state index contributed by atoms with van der Waals surface area (Å²) in [5.41, 5.74) is 0.151. The SMILES string of the molecule is COc1ccc(S(=O)(=O)Nc2cccc(S(=O)(=O)NC3=[NH+]CCC3)c2)cc1. The second kappa shape index (κ2) is 7.57. The number of amidine groups is 1. The molecule has 1 aliphatic heterocycles. The van der Waals surface area contributed by atoms with Gasteiger partial charge in [0.1, 0.15) is 10.6 Å². The molecule has 2 aromatic carbocycles. The molecule has 10 heteroatoms. The Bertz CT molecular complexity index is 1060. The molecule has 0 aliphatic carbocycles. The third-order valence-electron chi connectivity index (χ3n) is 3.97. The summed E-state index contributed by atoms with van der Waals surface area (Å²) in [7, 11) is -6.17. The maximum absolute atomic E-state index is 12.5. The summed E-state index contributed by atoms with van der Waals surface area (Å²) in [5, 5.41) is 0. The summed E-state index contributed by atoms with van der Waals surface area (Å²) in [6.45, 7) is 0.722. The quantitative estimate of drug-likeness (QED) is 0.622. The van der Waals surface area contributed by atoms with Crippen LogP contribution in [0.1, 0.15) is 12.8 Å². The third-order valence-corrected chi connectivity index (χ3v) is 6.75.